The van der Waals surface area contributed by atoms with Crippen molar-refractivity contribution in [2.24, 2.45) is 0 Å². The number of aliphatic hydroxyl groups is 1. The van der Waals surface area contributed by atoms with E-state index < -0.39 is 0 Å². The molecular formula is C11H20N2OS. The van der Waals surface area contributed by atoms with Crippen molar-refractivity contribution in [1.29, 1.82) is 0 Å². The van der Waals surface area contributed by atoms with E-state index in [2.05, 4.69) is 27.0 Å². The lowest BCUT2D eigenvalue weighted by Gasteiger charge is -2.20. The highest BCUT2D eigenvalue weighted by atomic mass is 32.1. The Hall–Kier alpha value is -0.420. The normalized spacial score (nSPS) is 13.3. The van der Waals surface area contributed by atoms with Crippen LogP contribution in [0.1, 0.15) is 12.5 Å². The molecule has 0 aromatic carbocycles. The van der Waals surface area contributed by atoms with E-state index in [1.807, 2.05) is 14.0 Å². The summed E-state index contributed by atoms with van der Waals surface area (Å²) in [5.41, 5.74) is 1.32. The Bertz CT molecular complexity index is 251. The first-order valence-corrected chi connectivity index (χ1v) is 6.25. The minimum atomic E-state index is -0.284. The third-order valence-corrected chi connectivity index (χ3v) is 2.92. The van der Waals surface area contributed by atoms with Gasteiger partial charge in [-0.15, -0.1) is 0 Å². The lowest BCUT2D eigenvalue weighted by molar-refractivity contribution is 0.122. The third kappa shape index (κ3) is 5.28. The van der Waals surface area contributed by atoms with Crippen molar-refractivity contribution in [2.75, 3.05) is 26.7 Å². The van der Waals surface area contributed by atoms with Crippen LogP contribution in [0.2, 0.25) is 0 Å². The second-order valence-electron chi connectivity index (χ2n) is 3.79. The van der Waals surface area contributed by atoms with Crippen molar-refractivity contribution >= 4 is 11.3 Å². The zero-order valence-electron chi connectivity index (χ0n) is 9.44. The molecule has 0 aliphatic carbocycles. The van der Waals surface area contributed by atoms with Gasteiger partial charge in [0, 0.05) is 19.6 Å². The van der Waals surface area contributed by atoms with E-state index >= 15 is 0 Å². The van der Waals surface area contributed by atoms with Crippen LogP contribution in [0.5, 0.6) is 0 Å². The van der Waals surface area contributed by atoms with Crippen molar-refractivity contribution in [3.8, 4) is 0 Å². The van der Waals surface area contributed by atoms with Gasteiger partial charge in [0.2, 0.25) is 0 Å². The zero-order valence-corrected chi connectivity index (χ0v) is 10.3. The van der Waals surface area contributed by atoms with Gasteiger partial charge >= 0.3 is 0 Å². The summed E-state index contributed by atoms with van der Waals surface area (Å²) in [6.07, 6.45) is -0.284. The Kier molecular flexibility index (Phi) is 5.86. The summed E-state index contributed by atoms with van der Waals surface area (Å²) >= 11 is 1.71. The number of hydrogen-bond acceptors (Lipinski definition) is 4. The molecule has 1 atom stereocenters. The highest BCUT2D eigenvalue weighted by Gasteiger charge is 2.07. The van der Waals surface area contributed by atoms with Crippen LogP contribution in [-0.2, 0) is 6.54 Å². The molecule has 4 heteroatoms. The lowest BCUT2D eigenvalue weighted by atomic mass is 10.3. The summed E-state index contributed by atoms with van der Waals surface area (Å²) in [5, 5.41) is 17.0. The average Bonchev–Trinajstić information content (AvgIpc) is 2.67. The van der Waals surface area contributed by atoms with E-state index in [9.17, 15) is 5.11 Å². The van der Waals surface area contributed by atoms with Gasteiger partial charge in [-0.1, -0.05) is 6.92 Å². The summed E-state index contributed by atoms with van der Waals surface area (Å²) in [5.74, 6) is 0. The Morgan fingerprint density at radius 3 is 3.00 bits per heavy atom. The second-order valence-corrected chi connectivity index (χ2v) is 4.57. The molecule has 0 fully saturated rings. The standard InChI is InChI=1S/C11H20N2OS/c1-3-12-6-11(14)8-13(2)7-10-4-5-15-9-10/h4-5,9,11-12,14H,3,6-8H2,1-2H3. The van der Waals surface area contributed by atoms with Crippen molar-refractivity contribution in [1.82, 2.24) is 10.2 Å². The van der Waals surface area contributed by atoms with Crippen LogP contribution in [0.25, 0.3) is 0 Å². The quantitative estimate of drug-likeness (QED) is 0.735. The molecule has 86 valence electrons. The highest BCUT2D eigenvalue weighted by Crippen LogP contribution is 2.08. The van der Waals surface area contributed by atoms with Gasteiger partial charge in [0.05, 0.1) is 6.10 Å². The van der Waals surface area contributed by atoms with E-state index in [4.69, 9.17) is 0 Å². The molecule has 0 saturated carbocycles. The molecule has 3 nitrogen and oxygen atoms in total. The van der Waals surface area contributed by atoms with Crippen LogP contribution in [0.3, 0.4) is 0 Å². The fourth-order valence-corrected chi connectivity index (χ4v) is 2.15. The van der Waals surface area contributed by atoms with Crippen LogP contribution in [0.4, 0.5) is 0 Å². The van der Waals surface area contributed by atoms with Gasteiger partial charge < -0.3 is 10.4 Å². The predicted octanol–water partition coefficient (Wildman–Crippen LogP) is 1.15. The Morgan fingerprint density at radius 1 is 1.60 bits per heavy atom. The number of rotatable bonds is 7. The van der Waals surface area contributed by atoms with Gasteiger partial charge in [-0.25, -0.2) is 0 Å². The molecule has 1 aromatic heterocycles. The Labute approximate surface area is 95.7 Å². The molecule has 0 bridgehead atoms. The molecule has 2 N–H and O–H groups in total. The van der Waals surface area contributed by atoms with Crippen LogP contribution in [0, 0.1) is 0 Å². The predicted molar refractivity (Wildman–Crippen MR) is 65.2 cm³/mol. The topological polar surface area (TPSA) is 35.5 Å². The van der Waals surface area contributed by atoms with Crippen LogP contribution in [0.15, 0.2) is 16.8 Å². The van der Waals surface area contributed by atoms with Crippen molar-refractivity contribution in [2.45, 2.75) is 19.6 Å². The summed E-state index contributed by atoms with van der Waals surface area (Å²) in [6, 6.07) is 2.12. The molecule has 0 radical (unpaired) electrons. The first-order valence-electron chi connectivity index (χ1n) is 5.30. The summed E-state index contributed by atoms with van der Waals surface area (Å²) in [6.45, 7) is 5.24. The van der Waals surface area contributed by atoms with Gasteiger partial charge in [0.25, 0.3) is 0 Å². The van der Waals surface area contributed by atoms with Crippen molar-refractivity contribution in [3.63, 3.8) is 0 Å². The molecule has 1 unspecified atom stereocenters. The van der Waals surface area contributed by atoms with Crippen LogP contribution >= 0.6 is 11.3 Å². The molecule has 1 rings (SSSR count). The van der Waals surface area contributed by atoms with E-state index in [1.54, 1.807) is 11.3 Å². The molecule has 1 heterocycles. The van der Waals surface area contributed by atoms with Gasteiger partial charge in [-0.3, -0.25) is 4.90 Å². The largest absolute Gasteiger partial charge is 0.390 e. The van der Waals surface area contributed by atoms with E-state index in [-0.39, 0.29) is 6.10 Å². The number of aliphatic hydroxyl groups excluding tert-OH is 1. The van der Waals surface area contributed by atoms with Crippen LogP contribution < -0.4 is 5.32 Å². The fourth-order valence-electron chi connectivity index (χ4n) is 1.49. The van der Waals surface area contributed by atoms with E-state index in [0.717, 1.165) is 13.1 Å². The zero-order chi connectivity index (χ0) is 11.1. The first kappa shape index (κ1) is 12.6. The third-order valence-electron chi connectivity index (χ3n) is 2.18. The fraction of sp³-hybridized carbons (Fsp3) is 0.636. The molecule has 1 aromatic rings. The maximum Gasteiger partial charge on any atom is 0.0791 e. The SMILES string of the molecule is CCNCC(O)CN(C)Cc1ccsc1. The van der Waals surface area contributed by atoms with Gasteiger partial charge in [-0.05, 0) is 36.0 Å². The highest BCUT2D eigenvalue weighted by molar-refractivity contribution is 7.07. The minimum absolute atomic E-state index is 0.284. The van der Waals surface area contributed by atoms with Crippen molar-refractivity contribution in [3.05, 3.63) is 22.4 Å². The maximum absolute atomic E-state index is 9.68. The maximum atomic E-state index is 9.68. The number of nitrogens with one attached hydrogen (secondary N) is 1. The van der Waals surface area contributed by atoms with E-state index in [0.29, 0.717) is 13.1 Å². The molecular weight excluding hydrogens is 208 g/mol. The minimum Gasteiger partial charge on any atom is -0.390 e. The van der Waals surface area contributed by atoms with Gasteiger partial charge in [0.1, 0.15) is 0 Å². The monoisotopic (exact) mass is 228 g/mol. The average molecular weight is 228 g/mol. The molecule has 0 saturated heterocycles. The molecule has 0 aliphatic rings. The summed E-state index contributed by atoms with van der Waals surface area (Å²) in [4.78, 5) is 2.14. The van der Waals surface area contributed by atoms with Crippen molar-refractivity contribution < 1.29 is 5.11 Å². The second kappa shape index (κ2) is 6.95. The van der Waals surface area contributed by atoms with E-state index in [1.165, 1.54) is 5.56 Å². The smallest absolute Gasteiger partial charge is 0.0791 e. The number of nitrogens with zero attached hydrogens (tertiary/aromatic N) is 1. The molecule has 0 spiro atoms. The number of thiophene rings is 1. The van der Waals surface area contributed by atoms with Crippen LogP contribution in [-0.4, -0.2) is 42.8 Å². The Balaban J connectivity index is 2.20. The summed E-state index contributed by atoms with van der Waals surface area (Å²) < 4.78 is 0. The van der Waals surface area contributed by atoms with Gasteiger partial charge in [0.15, 0.2) is 0 Å². The summed E-state index contributed by atoms with van der Waals surface area (Å²) in [7, 11) is 2.03. The molecule has 15 heavy (non-hydrogen) atoms. The lowest BCUT2D eigenvalue weighted by Crippen LogP contribution is -2.36. The molecule has 0 amide bonds. The Morgan fingerprint density at radius 2 is 2.40 bits per heavy atom. The number of hydrogen-bond donors (Lipinski definition) is 2. The first-order chi connectivity index (χ1) is 7.22. The molecule has 0 aliphatic heterocycles. The van der Waals surface area contributed by atoms with Gasteiger partial charge in [-0.2, -0.15) is 11.3 Å². The number of likely N-dealkylation sites (N-methyl/N-ethyl adjacent to an activating group) is 2.